The molecule has 0 amide bonds. The predicted octanol–water partition coefficient (Wildman–Crippen LogP) is 2.10. The van der Waals surface area contributed by atoms with E-state index in [1.54, 1.807) is 18.5 Å². The molecule has 1 aliphatic rings. The Morgan fingerprint density at radius 3 is 3.00 bits per heavy atom. The van der Waals surface area contributed by atoms with E-state index in [2.05, 4.69) is 20.1 Å². The minimum atomic E-state index is -0.153. The Kier molecular flexibility index (Phi) is 2.89. The van der Waals surface area contributed by atoms with Crippen LogP contribution in [0.1, 0.15) is 35.8 Å². The highest BCUT2D eigenvalue weighted by atomic mass is 16.1. The van der Waals surface area contributed by atoms with Crippen LogP contribution in [0.2, 0.25) is 0 Å². The summed E-state index contributed by atoms with van der Waals surface area (Å²) in [6, 6.07) is 1.67. The van der Waals surface area contributed by atoms with Gasteiger partial charge >= 0.3 is 0 Å². The lowest BCUT2D eigenvalue weighted by molar-refractivity contribution is 0.758. The third kappa shape index (κ3) is 2.22. The quantitative estimate of drug-likeness (QED) is 0.802. The van der Waals surface area contributed by atoms with Gasteiger partial charge in [0.25, 0.3) is 5.56 Å². The fourth-order valence-corrected chi connectivity index (χ4v) is 2.62. The van der Waals surface area contributed by atoms with Gasteiger partial charge in [-0.25, -0.2) is 4.98 Å². The maximum atomic E-state index is 12.0. The van der Waals surface area contributed by atoms with Crippen LogP contribution in [0.25, 0.3) is 23.1 Å². The SMILES string of the molecule is Cn1ncc(C2CC2)c1/C=C/c1nc2cnccc2c(=O)[nH]1. The molecule has 22 heavy (non-hydrogen) atoms. The first-order valence-electron chi connectivity index (χ1n) is 7.26. The molecule has 6 heteroatoms. The van der Waals surface area contributed by atoms with Gasteiger partial charge in [-0.3, -0.25) is 14.5 Å². The molecule has 0 saturated heterocycles. The van der Waals surface area contributed by atoms with E-state index in [9.17, 15) is 4.79 Å². The summed E-state index contributed by atoms with van der Waals surface area (Å²) in [5.41, 5.74) is 2.78. The lowest BCUT2D eigenvalue weighted by atomic mass is 10.1. The van der Waals surface area contributed by atoms with Crippen LogP contribution in [0.5, 0.6) is 0 Å². The second-order valence-corrected chi connectivity index (χ2v) is 5.56. The fourth-order valence-electron chi connectivity index (χ4n) is 2.62. The zero-order valence-electron chi connectivity index (χ0n) is 12.2. The molecule has 0 aromatic carbocycles. The molecule has 1 saturated carbocycles. The van der Waals surface area contributed by atoms with Crippen molar-refractivity contribution in [1.82, 2.24) is 24.7 Å². The van der Waals surface area contributed by atoms with Crippen LogP contribution in [-0.4, -0.2) is 24.7 Å². The number of nitrogens with zero attached hydrogens (tertiary/aromatic N) is 4. The summed E-state index contributed by atoms with van der Waals surface area (Å²) >= 11 is 0. The highest BCUT2D eigenvalue weighted by Crippen LogP contribution is 2.41. The van der Waals surface area contributed by atoms with Gasteiger partial charge in [-0.1, -0.05) is 0 Å². The van der Waals surface area contributed by atoms with Gasteiger partial charge in [0.2, 0.25) is 0 Å². The third-order valence-corrected chi connectivity index (χ3v) is 3.96. The van der Waals surface area contributed by atoms with Crippen molar-refractivity contribution < 1.29 is 0 Å². The predicted molar refractivity (Wildman–Crippen MR) is 84.3 cm³/mol. The zero-order chi connectivity index (χ0) is 15.1. The van der Waals surface area contributed by atoms with Gasteiger partial charge in [-0.2, -0.15) is 5.10 Å². The lowest BCUT2D eigenvalue weighted by Crippen LogP contribution is -2.09. The number of hydrogen-bond acceptors (Lipinski definition) is 4. The van der Waals surface area contributed by atoms with E-state index in [1.807, 2.05) is 30.1 Å². The van der Waals surface area contributed by atoms with Gasteiger partial charge in [0.15, 0.2) is 0 Å². The number of hydrogen-bond donors (Lipinski definition) is 1. The molecule has 0 spiro atoms. The normalized spacial score (nSPS) is 15.0. The highest BCUT2D eigenvalue weighted by Gasteiger charge is 2.27. The molecule has 3 aromatic heterocycles. The van der Waals surface area contributed by atoms with Gasteiger partial charge < -0.3 is 4.98 Å². The molecule has 0 atom stereocenters. The minimum absolute atomic E-state index is 0.153. The first kappa shape index (κ1) is 12.9. The van der Waals surface area contributed by atoms with Crippen molar-refractivity contribution in [2.75, 3.05) is 0 Å². The highest BCUT2D eigenvalue weighted by molar-refractivity contribution is 5.78. The maximum absolute atomic E-state index is 12.0. The fraction of sp³-hybridized carbons (Fsp3) is 0.250. The second kappa shape index (κ2) is 4.91. The number of rotatable bonds is 3. The maximum Gasteiger partial charge on any atom is 0.259 e. The van der Waals surface area contributed by atoms with Crippen LogP contribution in [0, 0.1) is 0 Å². The van der Waals surface area contributed by atoms with Crippen LogP contribution in [-0.2, 0) is 7.05 Å². The number of aromatic amines is 1. The molecule has 0 radical (unpaired) electrons. The molecule has 0 bridgehead atoms. The van der Waals surface area contributed by atoms with Gasteiger partial charge in [0.05, 0.1) is 29.0 Å². The summed E-state index contributed by atoms with van der Waals surface area (Å²) < 4.78 is 1.85. The van der Waals surface area contributed by atoms with E-state index in [-0.39, 0.29) is 5.56 Å². The Hall–Kier alpha value is -2.76. The van der Waals surface area contributed by atoms with Crippen molar-refractivity contribution in [2.24, 2.45) is 7.05 Å². The molecule has 0 aliphatic heterocycles. The lowest BCUT2D eigenvalue weighted by Gasteiger charge is -2.00. The van der Waals surface area contributed by atoms with Gasteiger partial charge in [-0.15, -0.1) is 0 Å². The topological polar surface area (TPSA) is 76.5 Å². The van der Waals surface area contributed by atoms with E-state index in [0.29, 0.717) is 22.6 Å². The summed E-state index contributed by atoms with van der Waals surface area (Å²) in [5, 5.41) is 4.87. The monoisotopic (exact) mass is 293 g/mol. The summed E-state index contributed by atoms with van der Waals surface area (Å²) in [5.74, 6) is 1.15. The Bertz CT molecular complexity index is 933. The number of nitrogens with one attached hydrogen (secondary N) is 1. The molecular formula is C16H15N5O. The Morgan fingerprint density at radius 1 is 1.32 bits per heavy atom. The van der Waals surface area contributed by atoms with Crippen molar-refractivity contribution in [1.29, 1.82) is 0 Å². The number of H-pyrrole nitrogens is 1. The van der Waals surface area contributed by atoms with Gasteiger partial charge in [0, 0.05) is 18.8 Å². The largest absolute Gasteiger partial charge is 0.306 e. The molecule has 3 heterocycles. The standard InChI is InChI=1S/C16H15N5O/c1-21-14(12(8-18-21)10-2-3-10)4-5-15-19-13-9-17-7-6-11(13)16(22)20-15/h4-10H,2-3H2,1H3,(H,19,20,22)/b5-4+. The van der Waals surface area contributed by atoms with Crippen molar-refractivity contribution in [2.45, 2.75) is 18.8 Å². The Balaban J connectivity index is 1.74. The first-order valence-corrected chi connectivity index (χ1v) is 7.26. The van der Waals surface area contributed by atoms with Gasteiger partial charge in [-0.05, 0) is 37.0 Å². The van der Waals surface area contributed by atoms with E-state index in [1.165, 1.54) is 18.4 Å². The molecule has 0 unspecified atom stereocenters. The van der Waals surface area contributed by atoms with E-state index < -0.39 is 0 Å². The summed E-state index contributed by atoms with van der Waals surface area (Å²) in [7, 11) is 1.92. The smallest absolute Gasteiger partial charge is 0.259 e. The molecule has 3 aromatic rings. The summed E-state index contributed by atoms with van der Waals surface area (Å²) in [6.07, 6.45) is 11.3. The van der Waals surface area contributed by atoms with Crippen molar-refractivity contribution in [3.05, 3.63) is 52.1 Å². The Morgan fingerprint density at radius 2 is 2.18 bits per heavy atom. The van der Waals surface area contributed by atoms with E-state index in [0.717, 1.165) is 5.69 Å². The van der Waals surface area contributed by atoms with E-state index >= 15 is 0 Å². The summed E-state index contributed by atoms with van der Waals surface area (Å²) in [6.45, 7) is 0. The first-order chi connectivity index (χ1) is 10.7. The van der Waals surface area contributed by atoms with Crippen LogP contribution in [0.4, 0.5) is 0 Å². The summed E-state index contributed by atoms with van der Waals surface area (Å²) in [4.78, 5) is 23.3. The van der Waals surface area contributed by atoms with Crippen LogP contribution >= 0.6 is 0 Å². The number of fused-ring (bicyclic) bond motifs is 1. The molecular weight excluding hydrogens is 278 g/mol. The number of pyridine rings is 1. The zero-order valence-corrected chi connectivity index (χ0v) is 12.2. The third-order valence-electron chi connectivity index (χ3n) is 3.96. The van der Waals surface area contributed by atoms with Crippen LogP contribution < -0.4 is 5.56 Å². The second-order valence-electron chi connectivity index (χ2n) is 5.56. The van der Waals surface area contributed by atoms with Crippen LogP contribution in [0.15, 0.2) is 29.5 Å². The van der Waals surface area contributed by atoms with Crippen molar-refractivity contribution in [3.8, 4) is 0 Å². The molecule has 1 fully saturated rings. The van der Waals surface area contributed by atoms with Gasteiger partial charge in [0.1, 0.15) is 5.82 Å². The molecule has 6 nitrogen and oxygen atoms in total. The molecule has 4 rings (SSSR count). The van der Waals surface area contributed by atoms with Crippen LogP contribution in [0.3, 0.4) is 0 Å². The van der Waals surface area contributed by atoms with E-state index in [4.69, 9.17) is 0 Å². The Labute approximate surface area is 126 Å². The number of aromatic nitrogens is 5. The molecule has 110 valence electrons. The molecule has 1 aliphatic carbocycles. The minimum Gasteiger partial charge on any atom is -0.306 e. The van der Waals surface area contributed by atoms with Crippen molar-refractivity contribution in [3.63, 3.8) is 0 Å². The number of aryl methyl sites for hydroxylation is 1. The average Bonchev–Trinajstić information content (AvgIpc) is 3.29. The average molecular weight is 293 g/mol. The molecule has 1 N–H and O–H groups in total. The van der Waals surface area contributed by atoms with Crippen molar-refractivity contribution >= 4 is 23.1 Å².